The first-order chi connectivity index (χ1) is 8.55. The predicted octanol–water partition coefficient (Wildman–Crippen LogP) is 2.02. The molecule has 0 aliphatic rings. The van der Waals surface area contributed by atoms with Gasteiger partial charge in [-0.05, 0) is 37.7 Å². The summed E-state index contributed by atoms with van der Waals surface area (Å²) in [5.74, 6) is 0.781. The van der Waals surface area contributed by atoms with Crippen molar-refractivity contribution in [2.24, 2.45) is 0 Å². The monoisotopic (exact) mass is 270 g/mol. The van der Waals surface area contributed by atoms with Crippen molar-refractivity contribution in [3.8, 4) is 5.75 Å². The van der Waals surface area contributed by atoms with Crippen LogP contribution in [-0.4, -0.2) is 35.7 Å². The first-order valence-electron chi connectivity index (χ1n) is 6.04. The molecule has 0 N–H and O–H groups in total. The van der Waals surface area contributed by atoms with E-state index in [9.17, 15) is 0 Å². The third-order valence-corrected chi connectivity index (χ3v) is 5.80. The maximum Gasteiger partial charge on any atom is 0.368 e. The van der Waals surface area contributed by atoms with Gasteiger partial charge < -0.3 is 18.3 Å². The van der Waals surface area contributed by atoms with E-state index < -0.39 is 8.56 Å². The molecule has 0 bridgehead atoms. The third-order valence-electron chi connectivity index (χ3n) is 2.86. The van der Waals surface area contributed by atoms with Gasteiger partial charge in [0, 0.05) is 20.8 Å². The fourth-order valence-corrected chi connectivity index (χ4v) is 3.03. The molecule has 0 aromatic heterocycles. The molecule has 0 aliphatic heterocycles. The molecule has 0 spiro atoms. The Morgan fingerprint density at radius 2 is 1.67 bits per heavy atom. The van der Waals surface area contributed by atoms with Gasteiger partial charge in [-0.15, -0.1) is 0 Å². The van der Waals surface area contributed by atoms with Crippen LogP contribution < -0.4 is 9.92 Å². The normalized spacial score (nSPS) is 13.4. The van der Waals surface area contributed by atoms with E-state index in [2.05, 4.69) is 0 Å². The van der Waals surface area contributed by atoms with Crippen molar-refractivity contribution in [2.75, 3.05) is 20.8 Å². The first-order valence-corrected chi connectivity index (χ1v) is 8.36. The summed E-state index contributed by atoms with van der Waals surface area (Å²) in [4.78, 5) is 0. The number of benzene rings is 1. The summed E-state index contributed by atoms with van der Waals surface area (Å²) in [6, 6.07) is 7.78. The molecule has 0 radical (unpaired) electrons. The van der Waals surface area contributed by atoms with Crippen LogP contribution in [0.25, 0.3) is 0 Å². The van der Waals surface area contributed by atoms with Crippen LogP contribution in [0.1, 0.15) is 13.8 Å². The van der Waals surface area contributed by atoms with E-state index in [4.69, 9.17) is 18.3 Å². The minimum Gasteiger partial charge on any atom is -0.465 e. The van der Waals surface area contributed by atoms with Gasteiger partial charge >= 0.3 is 8.56 Å². The standard InChI is InChI=1S/C13H22O4Si/c1-6-16-11(2)17-12-7-9-13(10-8-12)18(5,14-3)15-4/h7-11H,6H2,1-5H3. The lowest BCUT2D eigenvalue weighted by atomic mass is 10.3. The Balaban J connectivity index is 2.73. The summed E-state index contributed by atoms with van der Waals surface area (Å²) >= 11 is 0. The van der Waals surface area contributed by atoms with Crippen LogP contribution >= 0.6 is 0 Å². The minimum absolute atomic E-state index is 0.241. The van der Waals surface area contributed by atoms with E-state index in [1.807, 2.05) is 44.7 Å². The van der Waals surface area contributed by atoms with E-state index in [0.717, 1.165) is 10.9 Å². The molecule has 1 atom stereocenters. The van der Waals surface area contributed by atoms with Gasteiger partial charge in [-0.2, -0.15) is 0 Å². The van der Waals surface area contributed by atoms with Crippen molar-refractivity contribution in [2.45, 2.75) is 26.7 Å². The van der Waals surface area contributed by atoms with Gasteiger partial charge in [0.15, 0.2) is 6.29 Å². The van der Waals surface area contributed by atoms with Gasteiger partial charge in [0.2, 0.25) is 0 Å². The third kappa shape index (κ3) is 3.81. The number of rotatable bonds is 7. The van der Waals surface area contributed by atoms with Gasteiger partial charge in [0.25, 0.3) is 0 Å². The summed E-state index contributed by atoms with van der Waals surface area (Å²) in [5.41, 5.74) is 0. The van der Waals surface area contributed by atoms with Gasteiger partial charge in [-0.25, -0.2) is 0 Å². The summed E-state index contributed by atoms with van der Waals surface area (Å²) in [6.07, 6.45) is -0.241. The summed E-state index contributed by atoms with van der Waals surface area (Å²) < 4.78 is 21.9. The smallest absolute Gasteiger partial charge is 0.368 e. The van der Waals surface area contributed by atoms with Crippen molar-refractivity contribution in [1.29, 1.82) is 0 Å². The highest BCUT2D eigenvalue weighted by atomic mass is 28.4. The topological polar surface area (TPSA) is 36.9 Å². The fraction of sp³-hybridized carbons (Fsp3) is 0.538. The average Bonchev–Trinajstić information content (AvgIpc) is 2.39. The Labute approximate surface area is 110 Å². The van der Waals surface area contributed by atoms with E-state index in [1.165, 1.54) is 0 Å². The lowest BCUT2D eigenvalue weighted by Gasteiger charge is -2.23. The van der Waals surface area contributed by atoms with E-state index in [-0.39, 0.29) is 6.29 Å². The fourth-order valence-electron chi connectivity index (χ4n) is 1.62. The molecule has 18 heavy (non-hydrogen) atoms. The Morgan fingerprint density at radius 3 is 2.11 bits per heavy atom. The first kappa shape index (κ1) is 15.2. The van der Waals surface area contributed by atoms with Crippen LogP contribution in [-0.2, 0) is 13.6 Å². The molecule has 5 heteroatoms. The second-order valence-electron chi connectivity index (χ2n) is 4.02. The molecule has 0 aliphatic carbocycles. The van der Waals surface area contributed by atoms with Gasteiger partial charge in [0.05, 0.1) is 0 Å². The van der Waals surface area contributed by atoms with Crippen molar-refractivity contribution >= 4 is 13.7 Å². The van der Waals surface area contributed by atoms with Gasteiger partial charge in [0.1, 0.15) is 5.75 Å². The molecule has 1 aromatic rings. The second-order valence-corrected chi connectivity index (χ2v) is 7.30. The molecule has 1 aromatic carbocycles. The largest absolute Gasteiger partial charge is 0.465 e. The highest BCUT2D eigenvalue weighted by Gasteiger charge is 2.31. The summed E-state index contributed by atoms with van der Waals surface area (Å²) in [5, 5.41) is 1.07. The number of hydrogen-bond acceptors (Lipinski definition) is 4. The average molecular weight is 270 g/mol. The van der Waals surface area contributed by atoms with Crippen LogP contribution in [0.5, 0.6) is 5.75 Å². The van der Waals surface area contributed by atoms with Crippen LogP contribution in [0.2, 0.25) is 6.55 Å². The zero-order valence-electron chi connectivity index (χ0n) is 11.7. The molecular weight excluding hydrogens is 248 g/mol. The highest BCUT2D eigenvalue weighted by molar-refractivity contribution is 6.79. The van der Waals surface area contributed by atoms with Crippen molar-refractivity contribution in [3.63, 3.8) is 0 Å². The Morgan fingerprint density at radius 1 is 1.11 bits per heavy atom. The van der Waals surface area contributed by atoms with Crippen LogP contribution in [0.4, 0.5) is 0 Å². The number of hydrogen-bond donors (Lipinski definition) is 0. The zero-order valence-corrected chi connectivity index (χ0v) is 12.7. The maximum atomic E-state index is 5.60. The molecule has 0 amide bonds. The van der Waals surface area contributed by atoms with E-state index in [1.54, 1.807) is 14.2 Å². The van der Waals surface area contributed by atoms with Crippen LogP contribution in [0.3, 0.4) is 0 Å². The molecule has 102 valence electrons. The highest BCUT2D eigenvalue weighted by Crippen LogP contribution is 2.13. The second kappa shape index (κ2) is 6.89. The minimum atomic E-state index is -2.24. The lowest BCUT2D eigenvalue weighted by Crippen LogP contribution is -2.49. The Kier molecular flexibility index (Phi) is 5.81. The molecular formula is C13H22O4Si. The van der Waals surface area contributed by atoms with Crippen molar-refractivity contribution in [1.82, 2.24) is 0 Å². The molecule has 1 rings (SSSR count). The van der Waals surface area contributed by atoms with Crippen LogP contribution in [0, 0.1) is 0 Å². The molecule has 0 heterocycles. The Hall–Kier alpha value is -0.883. The maximum absolute atomic E-state index is 5.60. The van der Waals surface area contributed by atoms with Crippen LogP contribution in [0.15, 0.2) is 24.3 Å². The molecule has 0 fully saturated rings. The molecule has 4 nitrogen and oxygen atoms in total. The summed E-state index contributed by atoms with van der Waals surface area (Å²) in [7, 11) is 1.12. The van der Waals surface area contributed by atoms with Gasteiger partial charge in [-0.1, -0.05) is 12.1 Å². The molecule has 0 saturated heterocycles. The Bertz CT molecular complexity index is 349. The molecule has 0 saturated carbocycles. The molecule has 1 unspecified atom stereocenters. The van der Waals surface area contributed by atoms with Gasteiger partial charge in [-0.3, -0.25) is 0 Å². The summed E-state index contributed by atoms with van der Waals surface area (Å²) in [6.45, 7) is 6.46. The van der Waals surface area contributed by atoms with Crippen molar-refractivity contribution < 1.29 is 18.3 Å². The SMILES string of the molecule is CCOC(C)Oc1ccc([Si](C)(OC)OC)cc1. The quantitative estimate of drug-likeness (QED) is 0.561. The van der Waals surface area contributed by atoms with E-state index >= 15 is 0 Å². The zero-order chi connectivity index (χ0) is 13.6. The van der Waals surface area contributed by atoms with E-state index in [0.29, 0.717) is 6.61 Å². The number of ether oxygens (including phenoxy) is 2. The lowest BCUT2D eigenvalue weighted by molar-refractivity contribution is -0.0613. The van der Waals surface area contributed by atoms with Crippen molar-refractivity contribution in [3.05, 3.63) is 24.3 Å². The predicted molar refractivity (Wildman–Crippen MR) is 73.4 cm³/mol.